The van der Waals surface area contributed by atoms with Crippen molar-refractivity contribution in [2.45, 2.75) is 17.4 Å². The summed E-state index contributed by atoms with van der Waals surface area (Å²) in [7, 11) is 3.42. The average molecular weight is 474 g/mol. The quantitative estimate of drug-likeness (QED) is 0.319. The Morgan fingerprint density at radius 3 is 2.58 bits per heavy atom. The number of likely N-dealkylation sites (N-methyl/N-ethyl adjacent to an activating group) is 1. The maximum atomic E-state index is 12.4. The van der Waals surface area contributed by atoms with Crippen molar-refractivity contribution in [2.75, 3.05) is 58.6 Å². The van der Waals surface area contributed by atoms with E-state index in [1.165, 1.54) is 9.46 Å². The highest BCUT2D eigenvalue weighted by Gasteiger charge is 2.39. The molecule has 0 amide bonds. The van der Waals surface area contributed by atoms with Gasteiger partial charge in [-0.2, -0.15) is 4.99 Å². The van der Waals surface area contributed by atoms with Crippen LogP contribution < -0.4 is 15.7 Å². The highest BCUT2D eigenvalue weighted by Crippen LogP contribution is 2.31. The number of aliphatic imine (C=N–C) groups is 1. The Balaban J connectivity index is 1.22. The number of fused-ring (bicyclic) bond motifs is 1. The lowest BCUT2D eigenvalue weighted by Gasteiger charge is -2.36. The molecule has 2 aromatic rings. The number of H-pyrrole nitrogens is 1. The first-order valence-corrected chi connectivity index (χ1v) is 12.4. The summed E-state index contributed by atoms with van der Waals surface area (Å²) in [5.41, 5.74) is -0.532. The van der Waals surface area contributed by atoms with Crippen molar-refractivity contribution in [1.82, 2.24) is 23.8 Å². The van der Waals surface area contributed by atoms with E-state index < -0.39 is 17.4 Å². The van der Waals surface area contributed by atoms with E-state index in [1.54, 1.807) is 13.4 Å². The molecule has 2 aliphatic heterocycles. The van der Waals surface area contributed by atoms with E-state index in [2.05, 4.69) is 44.0 Å². The number of β-amino-alcohol motifs (C(OH)–C–C–N with tert-alkyl or cyclic N) is 1. The summed E-state index contributed by atoms with van der Waals surface area (Å²) >= 11 is 1.90. The molecule has 10 heteroatoms. The van der Waals surface area contributed by atoms with Crippen molar-refractivity contribution in [3.8, 4) is 0 Å². The van der Waals surface area contributed by atoms with E-state index in [0.717, 1.165) is 44.9 Å². The second kappa shape index (κ2) is 10.4. The van der Waals surface area contributed by atoms with Crippen molar-refractivity contribution in [3.63, 3.8) is 0 Å². The SMILES string of the molecule is Cn1c2c(c(=O)[nH]c1=O)[N+](C)(CC(O)CN1CCN(CCCSc3ccccc3)CC1)C=N2. The molecular formula is C23H33N6O3S+. The van der Waals surface area contributed by atoms with Crippen LogP contribution in [0.3, 0.4) is 0 Å². The number of rotatable bonds is 9. The van der Waals surface area contributed by atoms with Gasteiger partial charge in [-0.05, 0) is 30.9 Å². The maximum Gasteiger partial charge on any atom is 0.330 e. The molecular weight excluding hydrogens is 440 g/mol. The van der Waals surface area contributed by atoms with Gasteiger partial charge in [0.1, 0.15) is 12.6 Å². The minimum atomic E-state index is -0.613. The largest absolute Gasteiger partial charge is 0.386 e. The van der Waals surface area contributed by atoms with Crippen LogP contribution in [0.2, 0.25) is 0 Å². The van der Waals surface area contributed by atoms with Crippen LogP contribution in [-0.4, -0.2) is 95.5 Å². The normalized spacial score (nSPS) is 21.9. The van der Waals surface area contributed by atoms with Crippen LogP contribution >= 0.6 is 11.8 Å². The number of aromatic nitrogens is 2. The van der Waals surface area contributed by atoms with Crippen molar-refractivity contribution in [3.05, 3.63) is 51.2 Å². The third-order valence-corrected chi connectivity index (χ3v) is 7.47. The average Bonchev–Trinajstić information content (AvgIpc) is 3.14. The standard InChI is InChI=1S/C23H32N6O3S/c1-26-21-20(22(31)25-23(26)32)29(2,17-24-21)16-18(30)15-28-12-10-27(11-13-28)9-6-14-33-19-7-4-3-5-8-19/h3-5,7-8,17-18,30H,6,9-16H2,1-2H3/p+1. The number of nitrogens with one attached hydrogen (secondary N) is 1. The van der Waals surface area contributed by atoms with Crippen LogP contribution in [-0.2, 0) is 7.05 Å². The van der Waals surface area contributed by atoms with Gasteiger partial charge in [0.05, 0.1) is 7.05 Å². The Bertz CT molecular complexity index is 1090. The number of thioether (sulfide) groups is 1. The zero-order valence-electron chi connectivity index (χ0n) is 19.3. The number of hydrogen-bond donors (Lipinski definition) is 2. The summed E-state index contributed by atoms with van der Waals surface area (Å²) in [4.78, 5) is 37.0. The Morgan fingerprint density at radius 2 is 1.85 bits per heavy atom. The lowest BCUT2D eigenvalue weighted by molar-refractivity contribution is 0.0655. The molecule has 0 aliphatic carbocycles. The molecule has 0 bridgehead atoms. The van der Waals surface area contributed by atoms with E-state index >= 15 is 0 Å². The molecule has 2 unspecified atom stereocenters. The summed E-state index contributed by atoms with van der Waals surface area (Å²) in [6.45, 7) is 5.83. The number of piperazine rings is 1. The Labute approximate surface area is 197 Å². The van der Waals surface area contributed by atoms with Crippen molar-refractivity contribution in [2.24, 2.45) is 12.0 Å². The predicted molar refractivity (Wildman–Crippen MR) is 134 cm³/mol. The van der Waals surface area contributed by atoms with Crippen LogP contribution in [0.5, 0.6) is 0 Å². The molecule has 3 heterocycles. The van der Waals surface area contributed by atoms with Crippen LogP contribution in [0.1, 0.15) is 6.42 Å². The smallest absolute Gasteiger partial charge is 0.330 e. The van der Waals surface area contributed by atoms with E-state index in [4.69, 9.17) is 0 Å². The molecule has 0 saturated carbocycles. The number of quaternary nitrogens is 1. The molecule has 1 aromatic carbocycles. The van der Waals surface area contributed by atoms with Gasteiger partial charge >= 0.3 is 11.2 Å². The van der Waals surface area contributed by atoms with E-state index in [1.807, 2.05) is 24.9 Å². The minimum absolute atomic E-state index is 0.0823. The minimum Gasteiger partial charge on any atom is -0.386 e. The first kappa shape index (κ1) is 23.9. The van der Waals surface area contributed by atoms with Gasteiger partial charge in [0.25, 0.3) is 0 Å². The molecule has 33 heavy (non-hydrogen) atoms. The van der Waals surface area contributed by atoms with E-state index in [9.17, 15) is 14.7 Å². The Kier molecular flexibility index (Phi) is 7.50. The molecule has 1 saturated heterocycles. The van der Waals surface area contributed by atoms with Crippen LogP contribution in [0.15, 0.2) is 49.8 Å². The van der Waals surface area contributed by atoms with Gasteiger partial charge in [0.15, 0.2) is 6.34 Å². The molecule has 1 aromatic heterocycles. The molecule has 2 aliphatic rings. The fourth-order valence-corrected chi connectivity index (χ4v) is 5.43. The molecule has 178 valence electrons. The van der Waals surface area contributed by atoms with E-state index in [0.29, 0.717) is 24.6 Å². The van der Waals surface area contributed by atoms with Crippen molar-refractivity contribution >= 4 is 29.6 Å². The van der Waals surface area contributed by atoms with Gasteiger partial charge in [-0.3, -0.25) is 19.2 Å². The maximum absolute atomic E-state index is 12.4. The number of aliphatic hydroxyl groups excluding tert-OH is 1. The van der Waals surface area contributed by atoms with Gasteiger partial charge in [-0.25, -0.2) is 9.28 Å². The molecule has 9 nitrogen and oxygen atoms in total. The number of benzene rings is 1. The molecule has 1 fully saturated rings. The van der Waals surface area contributed by atoms with Crippen LogP contribution in [0, 0.1) is 0 Å². The van der Waals surface area contributed by atoms with Crippen molar-refractivity contribution in [1.29, 1.82) is 0 Å². The Hall–Kier alpha value is -2.24. The molecule has 0 spiro atoms. The number of nitrogens with zero attached hydrogens (tertiary/aromatic N) is 5. The fraction of sp³-hybridized carbons (Fsp3) is 0.522. The summed E-state index contributed by atoms with van der Waals surface area (Å²) in [6, 6.07) is 10.5. The van der Waals surface area contributed by atoms with Gasteiger partial charge in [-0.1, -0.05) is 18.2 Å². The fourth-order valence-electron chi connectivity index (χ4n) is 4.57. The van der Waals surface area contributed by atoms with Crippen LogP contribution in [0.4, 0.5) is 11.5 Å². The van der Waals surface area contributed by atoms with E-state index in [-0.39, 0.29) is 4.48 Å². The number of aromatic amines is 1. The highest BCUT2D eigenvalue weighted by atomic mass is 32.2. The lowest BCUT2D eigenvalue weighted by Crippen LogP contribution is -2.54. The zero-order chi connectivity index (χ0) is 23.4. The third-order valence-electron chi connectivity index (χ3n) is 6.37. The molecule has 0 radical (unpaired) electrons. The molecule has 2 atom stereocenters. The predicted octanol–water partition coefficient (Wildman–Crippen LogP) is 0.845. The van der Waals surface area contributed by atoms with Gasteiger partial charge < -0.3 is 10.0 Å². The second-order valence-electron chi connectivity index (χ2n) is 9.00. The van der Waals surface area contributed by atoms with Crippen LogP contribution in [0.25, 0.3) is 0 Å². The number of hydrogen-bond acceptors (Lipinski definition) is 7. The lowest BCUT2D eigenvalue weighted by atomic mass is 10.2. The Morgan fingerprint density at radius 1 is 1.15 bits per heavy atom. The zero-order valence-corrected chi connectivity index (χ0v) is 20.1. The third kappa shape index (κ3) is 5.64. The summed E-state index contributed by atoms with van der Waals surface area (Å²) < 4.78 is 1.42. The topological polar surface area (TPSA) is 93.9 Å². The van der Waals surface area contributed by atoms with Gasteiger partial charge in [-0.15, -0.1) is 11.8 Å². The van der Waals surface area contributed by atoms with Crippen molar-refractivity contribution < 1.29 is 5.11 Å². The first-order valence-electron chi connectivity index (χ1n) is 11.4. The second-order valence-corrected chi connectivity index (χ2v) is 10.2. The monoisotopic (exact) mass is 473 g/mol. The summed E-state index contributed by atoms with van der Waals surface area (Å²) in [5, 5.41) is 10.8. The van der Waals surface area contributed by atoms with Gasteiger partial charge in [0, 0.05) is 44.7 Å². The highest BCUT2D eigenvalue weighted by molar-refractivity contribution is 7.99. The number of aliphatic hydroxyl groups is 1. The van der Waals surface area contributed by atoms with Gasteiger partial charge in [0.2, 0.25) is 11.5 Å². The summed E-state index contributed by atoms with van der Waals surface area (Å²) in [5.74, 6) is 1.48. The first-order chi connectivity index (χ1) is 15.9. The summed E-state index contributed by atoms with van der Waals surface area (Å²) in [6.07, 6.45) is 2.18. The molecule has 4 rings (SSSR count). The molecule has 2 N–H and O–H groups in total.